The van der Waals surface area contributed by atoms with Crippen molar-refractivity contribution in [3.8, 4) is 23.3 Å². The summed E-state index contributed by atoms with van der Waals surface area (Å²) in [6.45, 7) is 3.63. The second-order valence-corrected chi connectivity index (χ2v) is 9.33. The molecule has 4 N–H and O–H groups in total. The standard InChI is InChI=1S/C27H28N8O3/c1-27(2,30)15-18(16-28)25(36)33(3)13-14-34-24-22(23(29)31-17-32-24)35(26(34)37)19-9-11-21(12-10-19)38-20-7-5-4-6-8-20/h4-12,15,17H,13-14,30H2,1-3H3,(H2,29,31,32). The summed E-state index contributed by atoms with van der Waals surface area (Å²) in [6.07, 6.45) is 2.70. The summed E-state index contributed by atoms with van der Waals surface area (Å²) < 4.78 is 8.70. The van der Waals surface area contributed by atoms with Gasteiger partial charge in [0.05, 0.1) is 5.69 Å². The molecule has 0 saturated heterocycles. The molecule has 0 atom stereocenters. The number of carbonyl (C=O) groups is 1. The third-order valence-corrected chi connectivity index (χ3v) is 5.68. The van der Waals surface area contributed by atoms with Crippen molar-refractivity contribution in [2.24, 2.45) is 5.73 Å². The number of nitriles is 1. The molecule has 0 radical (unpaired) electrons. The van der Waals surface area contributed by atoms with Gasteiger partial charge in [-0.1, -0.05) is 18.2 Å². The van der Waals surface area contributed by atoms with Gasteiger partial charge in [-0.3, -0.25) is 13.9 Å². The first-order valence-corrected chi connectivity index (χ1v) is 11.8. The van der Waals surface area contributed by atoms with Crippen LogP contribution in [0.25, 0.3) is 16.9 Å². The molecule has 1 amide bonds. The Balaban J connectivity index is 1.64. The predicted octanol–water partition coefficient (Wildman–Crippen LogP) is 2.60. The number of nitrogens with zero attached hydrogens (tertiary/aromatic N) is 6. The molecule has 0 aliphatic carbocycles. The minimum atomic E-state index is -0.831. The average molecular weight is 513 g/mol. The zero-order valence-corrected chi connectivity index (χ0v) is 21.3. The van der Waals surface area contributed by atoms with Crippen LogP contribution in [0, 0.1) is 11.3 Å². The Hall–Kier alpha value is -4.95. The number of ether oxygens (including phenoxy) is 1. The molecule has 0 saturated carbocycles. The Bertz CT molecular complexity index is 1590. The van der Waals surface area contributed by atoms with E-state index in [-0.39, 0.29) is 24.5 Å². The van der Waals surface area contributed by atoms with E-state index >= 15 is 0 Å². The van der Waals surface area contributed by atoms with Crippen molar-refractivity contribution in [1.82, 2.24) is 24.0 Å². The lowest BCUT2D eigenvalue weighted by atomic mass is 10.0. The number of likely N-dealkylation sites (N-methyl/N-ethyl adjacent to an activating group) is 1. The molecule has 38 heavy (non-hydrogen) atoms. The van der Waals surface area contributed by atoms with Crippen molar-refractivity contribution < 1.29 is 9.53 Å². The third kappa shape index (κ3) is 5.55. The predicted molar refractivity (Wildman–Crippen MR) is 144 cm³/mol. The molecule has 11 nitrogen and oxygen atoms in total. The molecule has 0 fully saturated rings. The number of para-hydroxylation sites is 1. The first-order valence-electron chi connectivity index (χ1n) is 11.8. The minimum Gasteiger partial charge on any atom is -0.457 e. The van der Waals surface area contributed by atoms with E-state index in [0.717, 1.165) is 0 Å². The van der Waals surface area contributed by atoms with Crippen molar-refractivity contribution in [2.75, 3.05) is 19.3 Å². The Morgan fingerprint density at radius 1 is 1.13 bits per heavy atom. The number of hydrogen-bond acceptors (Lipinski definition) is 8. The van der Waals surface area contributed by atoms with Crippen molar-refractivity contribution in [3.05, 3.63) is 83.1 Å². The second-order valence-electron chi connectivity index (χ2n) is 9.33. The Morgan fingerprint density at radius 2 is 1.79 bits per heavy atom. The largest absolute Gasteiger partial charge is 0.457 e. The zero-order chi connectivity index (χ0) is 27.4. The molecule has 11 heteroatoms. The van der Waals surface area contributed by atoms with Crippen molar-refractivity contribution in [1.29, 1.82) is 5.26 Å². The Morgan fingerprint density at radius 3 is 2.42 bits per heavy atom. The average Bonchev–Trinajstić information content (AvgIpc) is 3.18. The zero-order valence-electron chi connectivity index (χ0n) is 21.3. The summed E-state index contributed by atoms with van der Waals surface area (Å²) in [4.78, 5) is 36.1. The van der Waals surface area contributed by atoms with Crippen LogP contribution in [0.3, 0.4) is 0 Å². The fourth-order valence-corrected chi connectivity index (χ4v) is 3.90. The number of nitrogen functional groups attached to an aromatic ring is 1. The molecule has 4 rings (SSSR count). The smallest absolute Gasteiger partial charge is 0.335 e. The maximum absolute atomic E-state index is 13.6. The Kier molecular flexibility index (Phi) is 7.27. The lowest BCUT2D eigenvalue weighted by molar-refractivity contribution is -0.125. The van der Waals surface area contributed by atoms with Gasteiger partial charge in [0.15, 0.2) is 11.5 Å². The quantitative estimate of drug-likeness (QED) is 0.269. The number of amides is 1. The van der Waals surface area contributed by atoms with E-state index in [9.17, 15) is 14.9 Å². The van der Waals surface area contributed by atoms with Gasteiger partial charge >= 0.3 is 5.69 Å². The number of hydrogen-bond donors (Lipinski definition) is 2. The van der Waals surface area contributed by atoms with E-state index in [4.69, 9.17) is 16.2 Å². The number of benzene rings is 2. The van der Waals surface area contributed by atoms with Crippen LogP contribution >= 0.6 is 0 Å². The fourth-order valence-electron chi connectivity index (χ4n) is 3.90. The first-order chi connectivity index (χ1) is 18.1. The van der Waals surface area contributed by atoms with Gasteiger partial charge in [-0.2, -0.15) is 5.26 Å². The van der Waals surface area contributed by atoms with Crippen molar-refractivity contribution >= 4 is 22.9 Å². The van der Waals surface area contributed by atoms with E-state index < -0.39 is 17.1 Å². The number of rotatable bonds is 8. The second kappa shape index (κ2) is 10.6. The van der Waals surface area contributed by atoms with Crippen LogP contribution < -0.4 is 21.9 Å². The molecule has 4 aromatic rings. The maximum atomic E-state index is 13.6. The van der Waals surface area contributed by atoms with Crippen molar-refractivity contribution in [3.63, 3.8) is 0 Å². The van der Waals surface area contributed by atoms with Gasteiger partial charge in [-0.15, -0.1) is 0 Å². The molecule has 0 bridgehead atoms. The van der Waals surface area contributed by atoms with Crippen LogP contribution in [0.1, 0.15) is 13.8 Å². The van der Waals surface area contributed by atoms with Gasteiger partial charge in [-0.05, 0) is 56.3 Å². The lowest BCUT2D eigenvalue weighted by Gasteiger charge is -2.19. The normalized spacial score (nSPS) is 11.8. The molecule has 2 aromatic heterocycles. The highest BCUT2D eigenvalue weighted by Gasteiger charge is 2.22. The molecule has 2 aromatic carbocycles. The summed E-state index contributed by atoms with van der Waals surface area (Å²) in [7, 11) is 1.55. The number of carbonyl (C=O) groups excluding carboxylic acids is 1. The van der Waals surface area contributed by atoms with E-state index in [2.05, 4.69) is 9.97 Å². The fraction of sp³-hybridized carbons (Fsp3) is 0.222. The minimum absolute atomic E-state index is 0.0702. The van der Waals surface area contributed by atoms with E-state index in [1.807, 2.05) is 36.4 Å². The van der Waals surface area contributed by atoms with Gasteiger partial charge in [0.25, 0.3) is 5.91 Å². The van der Waals surface area contributed by atoms with E-state index in [1.54, 1.807) is 45.2 Å². The molecule has 2 heterocycles. The highest BCUT2D eigenvalue weighted by Crippen LogP contribution is 2.25. The summed E-state index contributed by atoms with van der Waals surface area (Å²) >= 11 is 0. The molecule has 194 valence electrons. The number of imidazole rings is 1. The SMILES string of the molecule is CN(CCn1c(=O)n(-c2ccc(Oc3ccccc3)cc2)c2c(N)ncnc21)C(=O)C(C#N)=CC(C)(C)N. The molecule has 0 aliphatic rings. The van der Waals surface area contributed by atoms with Crippen LogP contribution in [-0.2, 0) is 11.3 Å². The van der Waals surface area contributed by atoms with E-state index in [1.165, 1.54) is 26.4 Å². The summed E-state index contributed by atoms with van der Waals surface area (Å²) in [5.41, 5.74) is 12.0. The van der Waals surface area contributed by atoms with Gasteiger partial charge < -0.3 is 21.1 Å². The monoisotopic (exact) mass is 512 g/mol. The van der Waals surface area contributed by atoms with Gasteiger partial charge in [0.2, 0.25) is 0 Å². The molecular formula is C27H28N8O3. The maximum Gasteiger partial charge on any atom is 0.335 e. The van der Waals surface area contributed by atoms with Gasteiger partial charge in [-0.25, -0.2) is 14.8 Å². The Labute approximate surface area is 219 Å². The highest BCUT2D eigenvalue weighted by molar-refractivity contribution is 5.97. The number of anilines is 1. The topological polar surface area (TPSA) is 158 Å². The summed E-state index contributed by atoms with van der Waals surface area (Å²) in [5.74, 6) is 0.934. The molecular weight excluding hydrogens is 484 g/mol. The highest BCUT2D eigenvalue weighted by atomic mass is 16.5. The number of nitrogens with two attached hydrogens (primary N) is 2. The van der Waals surface area contributed by atoms with Gasteiger partial charge in [0.1, 0.15) is 35.0 Å². The van der Waals surface area contributed by atoms with Crippen LogP contribution in [0.4, 0.5) is 5.82 Å². The van der Waals surface area contributed by atoms with E-state index in [0.29, 0.717) is 28.4 Å². The molecule has 0 unspecified atom stereocenters. The van der Waals surface area contributed by atoms with Crippen LogP contribution in [0.5, 0.6) is 11.5 Å². The van der Waals surface area contributed by atoms with Gasteiger partial charge in [0, 0.05) is 25.7 Å². The first kappa shape index (κ1) is 26.1. The van der Waals surface area contributed by atoms with Crippen molar-refractivity contribution in [2.45, 2.75) is 25.9 Å². The summed E-state index contributed by atoms with van der Waals surface area (Å²) in [5, 5.41) is 9.42. The van der Waals surface area contributed by atoms with Crippen LogP contribution in [0.2, 0.25) is 0 Å². The molecule has 0 spiro atoms. The molecule has 0 aliphatic heterocycles. The number of fused-ring (bicyclic) bond motifs is 1. The summed E-state index contributed by atoms with van der Waals surface area (Å²) in [6, 6.07) is 18.2. The third-order valence-electron chi connectivity index (χ3n) is 5.68. The number of aromatic nitrogens is 4. The lowest BCUT2D eigenvalue weighted by Crippen LogP contribution is -2.36. The van der Waals surface area contributed by atoms with Crippen LogP contribution in [-0.4, -0.2) is 49.0 Å². The van der Waals surface area contributed by atoms with Crippen LogP contribution in [0.15, 0.2) is 77.4 Å².